The number of amides is 2. The Morgan fingerprint density at radius 1 is 1.31 bits per heavy atom. The number of thiocarbonyl (C=S) groups is 1. The lowest BCUT2D eigenvalue weighted by Crippen LogP contribution is -2.39. The monoisotopic (exact) mass is 540 g/mol. The Bertz CT molecular complexity index is 900. The summed E-state index contributed by atoms with van der Waals surface area (Å²) < 4.78 is 12.5. The molecule has 3 rings (SSSR count). The van der Waals surface area contributed by atoms with Crippen molar-refractivity contribution >= 4 is 62.1 Å². The summed E-state index contributed by atoms with van der Waals surface area (Å²) in [5.74, 6) is 0.756. The van der Waals surface area contributed by atoms with Crippen molar-refractivity contribution in [1.82, 2.24) is 10.2 Å². The number of halogens is 1. The van der Waals surface area contributed by atoms with E-state index in [1.165, 1.54) is 18.2 Å². The van der Waals surface area contributed by atoms with Gasteiger partial charge in [-0.3, -0.25) is 14.5 Å². The van der Waals surface area contributed by atoms with Crippen LogP contribution in [-0.4, -0.2) is 47.3 Å². The first kappa shape index (κ1) is 25.1. The summed E-state index contributed by atoms with van der Waals surface area (Å²) in [6, 6.07) is 3.79. The zero-order chi connectivity index (χ0) is 23.1. The number of thioether (sulfide) groups is 1. The van der Waals surface area contributed by atoms with Gasteiger partial charge in [0.2, 0.25) is 0 Å². The molecule has 0 unspecified atom stereocenters. The van der Waals surface area contributed by atoms with E-state index in [9.17, 15) is 9.59 Å². The third kappa shape index (κ3) is 6.48. The molecule has 2 amide bonds. The highest BCUT2D eigenvalue weighted by atomic mass is 79.9. The third-order valence-corrected chi connectivity index (χ3v) is 7.57. The van der Waals surface area contributed by atoms with Crippen molar-refractivity contribution in [3.63, 3.8) is 0 Å². The minimum absolute atomic E-state index is 0.0703. The Labute approximate surface area is 207 Å². The van der Waals surface area contributed by atoms with Gasteiger partial charge in [-0.25, -0.2) is 0 Å². The standard InChI is InChI=1S/C23H29BrN2O4S2/c1-3-4-10-26-22(28)20(32-23(26)31)12-15-11-18(29-2)19(13-17(15)24)30-14-21(27)25-16-8-6-5-7-9-16/h11-13,16H,3-10,14H2,1-2H3,(H,25,27)/b20-12-. The molecule has 0 radical (unpaired) electrons. The molecule has 0 bridgehead atoms. The van der Waals surface area contributed by atoms with Crippen LogP contribution in [0.15, 0.2) is 21.5 Å². The lowest BCUT2D eigenvalue weighted by molar-refractivity contribution is -0.124. The molecule has 32 heavy (non-hydrogen) atoms. The first-order chi connectivity index (χ1) is 15.4. The molecule has 1 aromatic rings. The molecule has 1 N–H and O–H groups in total. The second-order valence-corrected chi connectivity index (χ2v) is 10.4. The molecule has 1 saturated carbocycles. The van der Waals surface area contributed by atoms with Gasteiger partial charge in [-0.15, -0.1) is 0 Å². The van der Waals surface area contributed by atoms with Gasteiger partial charge in [0, 0.05) is 17.1 Å². The Hall–Kier alpha value is -1.58. The van der Waals surface area contributed by atoms with Crippen LogP contribution >= 0.6 is 39.9 Å². The van der Waals surface area contributed by atoms with Gasteiger partial charge in [0.1, 0.15) is 4.32 Å². The summed E-state index contributed by atoms with van der Waals surface area (Å²) in [7, 11) is 1.55. The van der Waals surface area contributed by atoms with E-state index in [1.807, 2.05) is 0 Å². The number of hydrogen-bond donors (Lipinski definition) is 1. The zero-order valence-electron chi connectivity index (χ0n) is 18.4. The number of unbranched alkanes of at least 4 members (excludes halogenated alkanes) is 1. The fourth-order valence-corrected chi connectivity index (χ4v) is 5.48. The summed E-state index contributed by atoms with van der Waals surface area (Å²) in [6.45, 7) is 2.65. The second-order valence-electron chi connectivity index (χ2n) is 7.90. The molecule has 6 nitrogen and oxygen atoms in total. The van der Waals surface area contributed by atoms with Crippen LogP contribution in [0.25, 0.3) is 6.08 Å². The number of carbonyl (C=O) groups excluding carboxylic acids is 2. The van der Waals surface area contributed by atoms with E-state index in [-0.39, 0.29) is 24.5 Å². The number of rotatable bonds is 9. The van der Waals surface area contributed by atoms with Crippen LogP contribution in [-0.2, 0) is 9.59 Å². The molecule has 0 atom stereocenters. The van der Waals surface area contributed by atoms with Gasteiger partial charge in [-0.1, -0.05) is 72.5 Å². The van der Waals surface area contributed by atoms with Crippen molar-refractivity contribution in [3.05, 3.63) is 27.1 Å². The minimum Gasteiger partial charge on any atom is -0.493 e. The van der Waals surface area contributed by atoms with Gasteiger partial charge in [-0.2, -0.15) is 0 Å². The van der Waals surface area contributed by atoms with Crippen LogP contribution < -0.4 is 14.8 Å². The summed E-state index contributed by atoms with van der Waals surface area (Å²) in [6.07, 6.45) is 9.33. The molecule has 174 valence electrons. The van der Waals surface area contributed by atoms with Gasteiger partial charge in [-0.05, 0) is 43.0 Å². The molecule has 1 aliphatic heterocycles. The van der Waals surface area contributed by atoms with Crippen molar-refractivity contribution in [2.75, 3.05) is 20.3 Å². The van der Waals surface area contributed by atoms with E-state index in [0.717, 1.165) is 48.6 Å². The normalized spacial score (nSPS) is 18.3. The molecule has 0 spiro atoms. The van der Waals surface area contributed by atoms with Crippen LogP contribution in [0, 0.1) is 0 Å². The van der Waals surface area contributed by atoms with Crippen molar-refractivity contribution in [3.8, 4) is 11.5 Å². The molecule has 2 fully saturated rings. The smallest absolute Gasteiger partial charge is 0.266 e. The molecule has 1 heterocycles. The fourth-order valence-electron chi connectivity index (χ4n) is 3.74. The average molecular weight is 542 g/mol. The van der Waals surface area contributed by atoms with Crippen molar-refractivity contribution in [2.45, 2.75) is 57.9 Å². The van der Waals surface area contributed by atoms with Crippen LogP contribution in [0.3, 0.4) is 0 Å². The third-order valence-electron chi connectivity index (χ3n) is 5.51. The van der Waals surface area contributed by atoms with E-state index >= 15 is 0 Å². The van der Waals surface area contributed by atoms with E-state index in [2.05, 4.69) is 28.2 Å². The van der Waals surface area contributed by atoms with Crippen molar-refractivity contribution < 1.29 is 19.1 Å². The lowest BCUT2D eigenvalue weighted by Gasteiger charge is -2.22. The predicted molar refractivity (Wildman–Crippen MR) is 136 cm³/mol. The fraction of sp³-hybridized carbons (Fsp3) is 0.522. The number of benzene rings is 1. The highest BCUT2D eigenvalue weighted by molar-refractivity contribution is 9.10. The van der Waals surface area contributed by atoms with Crippen molar-refractivity contribution in [2.24, 2.45) is 0 Å². The van der Waals surface area contributed by atoms with Crippen molar-refractivity contribution in [1.29, 1.82) is 0 Å². The molecule has 2 aliphatic rings. The Kier molecular flexibility index (Phi) is 9.43. The van der Waals surface area contributed by atoms with Gasteiger partial charge < -0.3 is 14.8 Å². The van der Waals surface area contributed by atoms with Crippen LogP contribution in [0.4, 0.5) is 0 Å². The number of nitrogens with zero attached hydrogens (tertiary/aromatic N) is 1. The summed E-state index contributed by atoms with van der Waals surface area (Å²) in [4.78, 5) is 27.3. The number of carbonyl (C=O) groups is 2. The average Bonchev–Trinajstić information content (AvgIpc) is 3.05. The van der Waals surface area contributed by atoms with Crippen LogP contribution in [0.1, 0.15) is 57.4 Å². The summed E-state index contributed by atoms with van der Waals surface area (Å²) >= 11 is 10.2. The second kappa shape index (κ2) is 12.0. The summed E-state index contributed by atoms with van der Waals surface area (Å²) in [5.41, 5.74) is 0.775. The number of hydrogen-bond acceptors (Lipinski definition) is 6. The zero-order valence-corrected chi connectivity index (χ0v) is 21.7. The molecule has 1 aromatic carbocycles. The Balaban J connectivity index is 1.68. The first-order valence-electron chi connectivity index (χ1n) is 11.0. The minimum atomic E-state index is -0.130. The van der Waals surface area contributed by atoms with Gasteiger partial charge in [0.05, 0.1) is 12.0 Å². The number of ether oxygens (including phenoxy) is 2. The highest BCUT2D eigenvalue weighted by Crippen LogP contribution is 2.38. The molecule has 0 aromatic heterocycles. The van der Waals surface area contributed by atoms with Gasteiger partial charge >= 0.3 is 0 Å². The SMILES string of the molecule is CCCCN1C(=O)/C(=C/c2cc(OC)c(OCC(=O)NC3CCCCC3)cc2Br)SC1=S. The predicted octanol–water partition coefficient (Wildman–Crippen LogP) is 5.29. The van der Waals surface area contributed by atoms with Gasteiger partial charge in [0.15, 0.2) is 18.1 Å². The van der Waals surface area contributed by atoms with E-state index in [4.69, 9.17) is 21.7 Å². The maximum Gasteiger partial charge on any atom is 0.266 e. The number of nitrogens with one attached hydrogen (secondary N) is 1. The van der Waals surface area contributed by atoms with Crippen LogP contribution in [0.5, 0.6) is 11.5 Å². The molecule has 9 heteroatoms. The molecular weight excluding hydrogens is 512 g/mol. The first-order valence-corrected chi connectivity index (χ1v) is 13.0. The highest BCUT2D eigenvalue weighted by Gasteiger charge is 2.31. The van der Waals surface area contributed by atoms with E-state index < -0.39 is 0 Å². The van der Waals surface area contributed by atoms with E-state index in [0.29, 0.717) is 27.3 Å². The molecular formula is C23H29BrN2O4S2. The Morgan fingerprint density at radius 3 is 2.75 bits per heavy atom. The largest absolute Gasteiger partial charge is 0.493 e. The molecule has 1 aliphatic carbocycles. The lowest BCUT2D eigenvalue weighted by atomic mass is 9.95. The Morgan fingerprint density at radius 2 is 2.06 bits per heavy atom. The summed E-state index contributed by atoms with van der Waals surface area (Å²) in [5, 5.41) is 3.05. The van der Waals surface area contributed by atoms with E-state index in [1.54, 1.807) is 30.2 Å². The van der Waals surface area contributed by atoms with Crippen LogP contribution in [0.2, 0.25) is 0 Å². The maximum atomic E-state index is 12.7. The number of methoxy groups -OCH3 is 1. The maximum absolute atomic E-state index is 12.7. The topological polar surface area (TPSA) is 67.9 Å². The molecule has 1 saturated heterocycles. The quantitative estimate of drug-likeness (QED) is 0.339. The van der Waals surface area contributed by atoms with Gasteiger partial charge in [0.25, 0.3) is 11.8 Å².